The standard InChI is InChI=1S/C21H19N3O2/c1-26-16-7-8-17-18(11-16)20(14-5-3-2-4-6-14)19(12-22)23-21(17)24-10-9-15(25)13-24/h2-8,11,15,25H,9-10,13H2,1H3/t15-/m1/s1. The average molecular weight is 345 g/mol. The molecule has 1 fully saturated rings. The summed E-state index contributed by atoms with van der Waals surface area (Å²) in [5.74, 6) is 1.48. The summed E-state index contributed by atoms with van der Waals surface area (Å²) in [5, 5.41) is 21.6. The smallest absolute Gasteiger partial charge is 0.151 e. The van der Waals surface area contributed by atoms with Crippen molar-refractivity contribution in [3.05, 3.63) is 54.2 Å². The Morgan fingerprint density at radius 2 is 2.00 bits per heavy atom. The molecule has 1 aliphatic heterocycles. The number of fused-ring (bicyclic) bond motifs is 1. The summed E-state index contributed by atoms with van der Waals surface area (Å²) < 4.78 is 5.41. The van der Waals surface area contributed by atoms with Crippen molar-refractivity contribution >= 4 is 16.6 Å². The third kappa shape index (κ3) is 2.75. The van der Waals surface area contributed by atoms with Gasteiger partial charge in [0.2, 0.25) is 0 Å². The van der Waals surface area contributed by atoms with Gasteiger partial charge in [0.1, 0.15) is 17.6 Å². The summed E-state index contributed by atoms with van der Waals surface area (Å²) in [6.45, 7) is 1.26. The lowest BCUT2D eigenvalue weighted by atomic mass is 9.96. The lowest BCUT2D eigenvalue weighted by Crippen LogP contribution is -2.23. The number of hydrogen-bond acceptors (Lipinski definition) is 5. The molecule has 1 N–H and O–H groups in total. The largest absolute Gasteiger partial charge is 0.497 e. The van der Waals surface area contributed by atoms with Crippen molar-refractivity contribution in [2.45, 2.75) is 12.5 Å². The number of nitriles is 1. The molecule has 26 heavy (non-hydrogen) atoms. The van der Waals surface area contributed by atoms with Crippen LogP contribution in [-0.4, -0.2) is 36.4 Å². The van der Waals surface area contributed by atoms with Crippen LogP contribution in [0.4, 0.5) is 5.82 Å². The minimum Gasteiger partial charge on any atom is -0.497 e. The van der Waals surface area contributed by atoms with Crippen molar-refractivity contribution < 1.29 is 9.84 Å². The summed E-state index contributed by atoms with van der Waals surface area (Å²) in [4.78, 5) is 6.73. The van der Waals surface area contributed by atoms with E-state index in [-0.39, 0.29) is 6.10 Å². The first-order valence-corrected chi connectivity index (χ1v) is 8.61. The van der Waals surface area contributed by atoms with Crippen molar-refractivity contribution in [2.75, 3.05) is 25.1 Å². The van der Waals surface area contributed by atoms with E-state index in [1.54, 1.807) is 7.11 Å². The molecule has 0 spiro atoms. The number of hydrogen-bond donors (Lipinski definition) is 1. The number of methoxy groups -OCH3 is 1. The number of ether oxygens (including phenoxy) is 1. The monoisotopic (exact) mass is 345 g/mol. The Bertz CT molecular complexity index is 996. The topological polar surface area (TPSA) is 69.4 Å². The van der Waals surface area contributed by atoms with E-state index in [2.05, 4.69) is 16.0 Å². The van der Waals surface area contributed by atoms with Gasteiger partial charge in [0.25, 0.3) is 0 Å². The molecule has 5 nitrogen and oxygen atoms in total. The third-order valence-electron chi connectivity index (χ3n) is 4.82. The average Bonchev–Trinajstić information content (AvgIpc) is 3.12. The van der Waals surface area contributed by atoms with Gasteiger partial charge in [0.05, 0.1) is 13.2 Å². The molecule has 0 amide bonds. The third-order valence-corrected chi connectivity index (χ3v) is 4.82. The van der Waals surface area contributed by atoms with Gasteiger partial charge in [-0.25, -0.2) is 4.98 Å². The zero-order chi connectivity index (χ0) is 18.1. The minimum absolute atomic E-state index is 0.357. The second-order valence-electron chi connectivity index (χ2n) is 6.44. The van der Waals surface area contributed by atoms with Crippen LogP contribution in [0.2, 0.25) is 0 Å². The number of anilines is 1. The van der Waals surface area contributed by atoms with E-state index < -0.39 is 0 Å². The van der Waals surface area contributed by atoms with E-state index in [0.29, 0.717) is 18.7 Å². The second kappa shape index (κ2) is 6.66. The van der Waals surface area contributed by atoms with E-state index in [1.165, 1.54) is 0 Å². The highest BCUT2D eigenvalue weighted by atomic mass is 16.5. The maximum atomic E-state index is 9.92. The van der Waals surface area contributed by atoms with Crippen molar-refractivity contribution in [1.29, 1.82) is 5.26 Å². The van der Waals surface area contributed by atoms with Crippen molar-refractivity contribution in [3.8, 4) is 22.9 Å². The van der Waals surface area contributed by atoms with E-state index in [9.17, 15) is 10.4 Å². The quantitative estimate of drug-likeness (QED) is 0.788. The molecule has 1 saturated heterocycles. The van der Waals surface area contributed by atoms with Crippen LogP contribution in [0.1, 0.15) is 12.1 Å². The van der Waals surface area contributed by atoms with Gasteiger partial charge >= 0.3 is 0 Å². The molecule has 3 aromatic rings. The maximum Gasteiger partial charge on any atom is 0.151 e. The molecular weight excluding hydrogens is 326 g/mol. The van der Waals surface area contributed by atoms with Crippen LogP contribution in [0, 0.1) is 11.3 Å². The maximum absolute atomic E-state index is 9.92. The normalized spacial score (nSPS) is 16.7. The lowest BCUT2D eigenvalue weighted by Gasteiger charge is -2.21. The fraction of sp³-hybridized carbons (Fsp3) is 0.238. The van der Waals surface area contributed by atoms with Crippen LogP contribution in [-0.2, 0) is 0 Å². The van der Waals surface area contributed by atoms with E-state index in [1.807, 2.05) is 48.5 Å². The molecule has 5 heteroatoms. The molecule has 0 radical (unpaired) electrons. The predicted molar refractivity (Wildman–Crippen MR) is 101 cm³/mol. The molecule has 0 aliphatic carbocycles. The molecule has 2 heterocycles. The molecule has 0 bridgehead atoms. The van der Waals surface area contributed by atoms with E-state index >= 15 is 0 Å². The highest BCUT2D eigenvalue weighted by Gasteiger charge is 2.25. The number of nitrogens with zero attached hydrogens (tertiary/aromatic N) is 3. The van der Waals surface area contributed by atoms with Crippen molar-refractivity contribution in [1.82, 2.24) is 4.98 Å². The van der Waals surface area contributed by atoms with Gasteiger partial charge in [-0.1, -0.05) is 30.3 Å². The van der Waals surface area contributed by atoms with E-state index in [0.717, 1.165) is 40.0 Å². The Morgan fingerprint density at radius 1 is 1.19 bits per heavy atom. The Hall–Kier alpha value is -3.10. The molecule has 1 aliphatic rings. The summed E-state index contributed by atoms with van der Waals surface area (Å²) >= 11 is 0. The van der Waals surface area contributed by atoms with Gasteiger partial charge in [-0.05, 0) is 35.6 Å². The Kier molecular flexibility index (Phi) is 4.19. The first kappa shape index (κ1) is 16.4. The van der Waals surface area contributed by atoms with Gasteiger partial charge in [0.15, 0.2) is 5.69 Å². The number of pyridine rings is 1. The summed E-state index contributed by atoms with van der Waals surface area (Å²) in [7, 11) is 1.63. The van der Waals surface area contributed by atoms with Crippen LogP contribution in [0.15, 0.2) is 48.5 Å². The number of aliphatic hydroxyl groups excluding tert-OH is 1. The van der Waals surface area contributed by atoms with E-state index in [4.69, 9.17) is 4.74 Å². The Labute approximate surface area is 152 Å². The molecule has 1 atom stereocenters. The molecular formula is C21H19N3O2. The summed E-state index contributed by atoms with van der Waals surface area (Å²) in [5.41, 5.74) is 2.14. The Balaban J connectivity index is 2.03. The van der Waals surface area contributed by atoms with Gasteiger partial charge in [0, 0.05) is 24.0 Å². The van der Waals surface area contributed by atoms with Gasteiger partial charge in [-0.15, -0.1) is 0 Å². The van der Waals surface area contributed by atoms with Crippen LogP contribution in [0.3, 0.4) is 0 Å². The zero-order valence-corrected chi connectivity index (χ0v) is 14.5. The van der Waals surface area contributed by atoms with Crippen LogP contribution in [0.5, 0.6) is 5.75 Å². The fourth-order valence-corrected chi connectivity index (χ4v) is 3.55. The number of aromatic nitrogens is 1. The summed E-state index contributed by atoms with van der Waals surface area (Å²) in [6.07, 6.45) is 0.353. The lowest BCUT2D eigenvalue weighted by molar-refractivity contribution is 0.198. The number of benzene rings is 2. The predicted octanol–water partition coefficient (Wildman–Crippen LogP) is 3.35. The van der Waals surface area contributed by atoms with Gasteiger partial charge in [-0.3, -0.25) is 0 Å². The number of aliphatic hydroxyl groups is 1. The Morgan fingerprint density at radius 3 is 2.65 bits per heavy atom. The summed E-state index contributed by atoms with van der Waals surface area (Å²) in [6, 6.07) is 17.9. The first-order chi connectivity index (χ1) is 12.7. The molecule has 4 rings (SSSR count). The van der Waals surface area contributed by atoms with Crippen molar-refractivity contribution in [2.24, 2.45) is 0 Å². The van der Waals surface area contributed by atoms with Gasteiger partial charge < -0.3 is 14.7 Å². The highest BCUT2D eigenvalue weighted by molar-refractivity contribution is 6.04. The van der Waals surface area contributed by atoms with Crippen LogP contribution in [0.25, 0.3) is 21.9 Å². The number of rotatable bonds is 3. The zero-order valence-electron chi connectivity index (χ0n) is 14.5. The molecule has 2 aromatic carbocycles. The van der Waals surface area contributed by atoms with Crippen LogP contribution < -0.4 is 9.64 Å². The minimum atomic E-state index is -0.357. The van der Waals surface area contributed by atoms with Crippen molar-refractivity contribution in [3.63, 3.8) is 0 Å². The first-order valence-electron chi connectivity index (χ1n) is 8.61. The van der Waals surface area contributed by atoms with Crippen LogP contribution >= 0.6 is 0 Å². The molecule has 0 saturated carbocycles. The molecule has 130 valence electrons. The second-order valence-corrected chi connectivity index (χ2v) is 6.44. The SMILES string of the molecule is COc1ccc2c(N3CC[C@@H](O)C3)nc(C#N)c(-c3ccccc3)c2c1. The van der Waals surface area contributed by atoms with Gasteiger partial charge in [-0.2, -0.15) is 5.26 Å². The number of β-amino-alcohol motifs (C(OH)–C–C–N with tert-alkyl or cyclic N) is 1. The molecule has 1 aromatic heterocycles. The highest BCUT2D eigenvalue weighted by Crippen LogP contribution is 2.38. The fourth-order valence-electron chi connectivity index (χ4n) is 3.55. The molecule has 0 unspecified atom stereocenters.